The van der Waals surface area contributed by atoms with Crippen LogP contribution >= 0.6 is 23.2 Å². The van der Waals surface area contributed by atoms with Gasteiger partial charge in [-0.1, -0.05) is 52.6 Å². The van der Waals surface area contributed by atoms with E-state index in [1.54, 1.807) is 30.3 Å². The van der Waals surface area contributed by atoms with Crippen molar-refractivity contribution in [1.82, 2.24) is 0 Å². The molecule has 0 spiro atoms. The van der Waals surface area contributed by atoms with Gasteiger partial charge in [-0.25, -0.2) is 4.79 Å². The molecular formula is C23H19Cl2NO5. The van der Waals surface area contributed by atoms with Gasteiger partial charge in [-0.2, -0.15) is 0 Å². The van der Waals surface area contributed by atoms with E-state index in [1.807, 2.05) is 36.4 Å². The van der Waals surface area contributed by atoms with Gasteiger partial charge in [0.1, 0.15) is 13.2 Å². The normalized spacial score (nSPS) is 10.8. The van der Waals surface area contributed by atoms with Crippen LogP contribution in [0, 0.1) is 0 Å². The number of oxime groups is 1. The number of carbonyl (C=O) groups is 1. The second-order valence-electron chi connectivity index (χ2n) is 6.45. The van der Waals surface area contributed by atoms with Crippen LogP contribution in [0.1, 0.15) is 16.7 Å². The second kappa shape index (κ2) is 11.2. The fourth-order valence-corrected chi connectivity index (χ4v) is 3.03. The lowest BCUT2D eigenvalue weighted by molar-refractivity contribution is -0.142. The summed E-state index contributed by atoms with van der Waals surface area (Å²) in [5, 5.41) is 13.5. The van der Waals surface area contributed by atoms with E-state index in [1.165, 1.54) is 6.21 Å². The zero-order valence-electron chi connectivity index (χ0n) is 16.3. The number of carboxylic acid groups (broad SMARTS) is 1. The van der Waals surface area contributed by atoms with E-state index >= 15 is 0 Å². The molecule has 3 aromatic rings. The van der Waals surface area contributed by atoms with E-state index in [9.17, 15) is 4.79 Å². The number of benzene rings is 3. The lowest BCUT2D eigenvalue weighted by Gasteiger charge is -2.14. The van der Waals surface area contributed by atoms with Gasteiger partial charge in [0.2, 0.25) is 6.61 Å². The summed E-state index contributed by atoms with van der Waals surface area (Å²) in [7, 11) is 0. The van der Waals surface area contributed by atoms with Crippen molar-refractivity contribution in [2.24, 2.45) is 5.16 Å². The van der Waals surface area contributed by atoms with Crippen LogP contribution in [0.15, 0.2) is 71.9 Å². The summed E-state index contributed by atoms with van der Waals surface area (Å²) in [6.45, 7) is 0.0723. The van der Waals surface area contributed by atoms with E-state index < -0.39 is 12.6 Å². The molecule has 0 aliphatic rings. The highest BCUT2D eigenvalue weighted by Crippen LogP contribution is 2.30. The Hall–Kier alpha value is -3.22. The zero-order chi connectivity index (χ0) is 22.1. The highest BCUT2D eigenvalue weighted by atomic mass is 35.5. The SMILES string of the molecule is O=C(O)CO/N=C/c1ccc(OCc2cccc(Cl)c2)c(OCc2cccc(Cl)c2)c1. The summed E-state index contributed by atoms with van der Waals surface area (Å²) in [6.07, 6.45) is 1.40. The van der Waals surface area contributed by atoms with E-state index in [2.05, 4.69) is 5.16 Å². The molecule has 0 atom stereocenters. The minimum Gasteiger partial charge on any atom is -0.485 e. The fraction of sp³-hybridized carbons (Fsp3) is 0.130. The van der Waals surface area contributed by atoms with Crippen LogP contribution in [0.3, 0.4) is 0 Å². The summed E-state index contributed by atoms with van der Waals surface area (Å²) in [5.41, 5.74) is 2.47. The molecular weight excluding hydrogens is 441 g/mol. The number of nitrogens with zero attached hydrogens (tertiary/aromatic N) is 1. The molecule has 0 saturated heterocycles. The summed E-state index contributed by atoms with van der Waals surface area (Å²) >= 11 is 12.1. The van der Waals surface area contributed by atoms with Gasteiger partial charge in [-0.3, -0.25) is 0 Å². The molecule has 6 nitrogen and oxygen atoms in total. The Labute approximate surface area is 189 Å². The maximum absolute atomic E-state index is 10.5. The standard InChI is InChI=1S/C23H19Cl2NO5/c24-19-5-1-3-17(9-19)13-29-21-8-7-16(12-26-31-15-23(27)28)11-22(21)30-14-18-4-2-6-20(25)10-18/h1-12H,13-15H2,(H,27,28)/b26-12+. The van der Waals surface area contributed by atoms with Crippen molar-refractivity contribution >= 4 is 35.4 Å². The van der Waals surface area contributed by atoms with Crippen molar-refractivity contribution in [3.63, 3.8) is 0 Å². The Morgan fingerprint density at radius 3 is 2.06 bits per heavy atom. The van der Waals surface area contributed by atoms with Crippen molar-refractivity contribution in [3.8, 4) is 11.5 Å². The first-order valence-corrected chi connectivity index (χ1v) is 10.0. The molecule has 0 radical (unpaired) electrons. The van der Waals surface area contributed by atoms with E-state index in [0.29, 0.717) is 33.7 Å². The highest BCUT2D eigenvalue weighted by Gasteiger charge is 2.09. The molecule has 0 amide bonds. The molecule has 3 aromatic carbocycles. The number of hydrogen-bond acceptors (Lipinski definition) is 5. The molecule has 31 heavy (non-hydrogen) atoms. The van der Waals surface area contributed by atoms with Crippen LogP contribution in [0.2, 0.25) is 10.0 Å². The molecule has 0 saturated carbocycles. The molecule has 0 aromatic heterocycles. The van der Waals surface area contributed by atoms with Crippen molar-refractivity contribution in [1.29, 1.82) is 0 Å². The van der Waals surface area contributed by atoms with Crippen molar-refractivity contribution in [2.45, 2.75) is 13.2 Å². The largest absolute Gasteiger partial charge is 0.485 e. The predicted molar refractivity (Wildman–Crippen MR) is 119 cm³/mol. The van der Waals surface area contributed by atoms with Gasteiger partial charge in [0, 0.05) is 15.6 Å². The minimum absolute atomic E-state index is 0.282. The number of halogens is 2. The van der Waals surface area contributed by atoms with Crippen molar-refractivity contribution in [2.75, 3.05) is 6.61 Å². The van der Waals surface area contributed by atoms with Crippen molar-refractivity contribution in [3.05, 3.63) is 93.5 Å². The van der Waals surface area contributed by atoms with Gasteiger partial charge in [-0.15, -0.1) is 0 Å². The Kier molecular flexibility index (Phi) is 8.15. The van der Waals surface area contributed by atoms with E-state index in [0.717, 1.165) is 11.1 Å². The van der Waals surface area contributed by atoms with Gasteiger partial charge in [0.05, 0.1) is 6.21 Å². The minimum atomic E-state index is -1.10. The quantitative estimate of drug-likeness (QED) is 0.316. The molecule has 0 aliphatic heterocycles. The maximum Gasteiger partial charge on any atom is 0.344 e. The van der Waals surface area contributed by atoms with Gasteiger partial charge in [-0.05, 0) is 53.6 Å². The monoisotopic (exact) mass is 459 g/mol. The molecule has 160 valence electrons. The highest BCUT2D eigenvalue weighted by molar-refractivity contribution is 6.30. The zero-order valence-corrected chi connectivity index (χ0v) is 17.8. The van der Waals surface area contributed by atoms with Crippen LogP contribution in [0.25, 0.3) is 0 Å². The summed E-state index contributed by atoms with van der Waals surface area (Å²) in [6, 6.07) is 20.0. The third-order valence-corrected chi connectivity index (χ3v) is 4.47. The van der Waals surface area contributed by atoms with Gasteiger partial charge < -0.3 is 19.4 Å². The first kappa shape index (κ1) is 22.5. The van der Waals surface area contributed by atoms with Crippen LogP contribution < -0.4 is 9.47 Å². The van der Waals surface area contributed by atoms with Gasteiger partial charge in [0.15, 0.2) is 11.5 Å². The second-order valence-corrected chi connectivity index (χ2v) is 7.32. The summed E-state index contributed by atoms with van der Waals surface area (Å²) in [5.74, 6) is -0.0812. The Morgan fingerprint density at radius 1 is 0.871 bits per heavy atom. The molecule has 1 N–H and O–H groups in total. The third kappa shape index (κ3) is 7.51. The molecule has 3 rings (SSSR count). The lowest BCUT2D eigenvalue weighted by atomic mass is 10.2. The number of hydrogen-bond donors (Lipinski definition) is 1. The smallest absolute Gasteiger partial charge is 0.344 e. The summed E-state index contributed by atoms with van der Waals surface area (Å²) in [4.78, 5) is 15.2. The molecule has 8 heteroatoms. The van der Waals surface area contributed by atoms with Gasteiger partial charge in [0.25, 0.3) is 0 Å². The molecule has 0 fully saturated rings. The average Bonchev–Trinajstić information content (AvgIpc) is 2.74. The van der Waals surface area contributed by atoms with E-state index in [4.69, 9.17) is 42.6 Å². The topological polar surface area (TPSA) is 77.4 Å². The predicted octanol–water partition coefficient (Wildman–Crippen LogP) is 5.59. The Balaban J connectivity index is 1.75. The number of rotatable bonds is 10. The first-order valence-electron chi connectivity index (χ1n) is 9.25. The number of carboxylic acids is 1. The average molecular weight is 460 g/mol. The van der Waals surface area contributed by atoms with Crippen molar-refractivity contribution < 1.29 is 24.2 Å². The number of ether oxygens (including phenoxy) is 2. The van der Waals surface area contributed by atoms with Crippen LogP contribution in [-0.4, -0.2) is 23.9 Å². The fourth-order valence-electron chi connectivity index (χ4n) is 2.60. The Bertz CT molecular complexity index is 1070. The van der Waals surface area contributed by atoms with Crippen LogP contribution in [0.5, 0.6) is 11.5 Å². The van der Waals surface area contributed by atoms with Crippen LogP contribution in [0.4, 0.5) is 0 Å². The van der Waals surface area contributed by atoms with Crippen LogP contribution in [-0.2, 0) is 22.8 Å². The molecule has 0 unspecified atom stereocenters. The third-order valence-electron chi connectivity index (χ3n) is 4.00. The Morgan fingerprint density at radius 2 is 1.48 bits per heavy atom. The molecule has 0 aliphatic carbocycles. The first-order chi connectivity index (χ1) is 15.0. The molecule has 0 heterocycles. The lowest BCUT2D eigenvalue weighted by Crippen LogP contribution is -2.03. The maximum atomic E-state index is 10.5. The summed E-state index contributed by atoms with van der Waals surface area (Å²) < 4.78 is 11.9. The van der Waals surface area contributed by atoms with Gasteiger partial charge >= 0.3 is 5.97 Å². The number of aliphatic carboxylic acids is 1. The molecule has 0 bridgehead atoms. The van der Waals surface area contributed by atoms with E-state index in [-0.39, 0.29) is 6.61 Å².